The summed E-state index contributed by atoms with van der Waals surface area (Å²) in [5.74, 6) is 0. The second kappa shape index (κ2) is 11.7. The monoisotopic (exact) mass is 318 g/mol. The third kappa shape index (κ3) is 7.31. The number of oxime groups is 2. The minimum Gasteiger partial charge on any atom is -0.411 e. The van der Waals surface area contributed by atoms with Gasteiger partial charge in [-0.25, -0.2) is 0 Å². The molecule has 0 aromatic heterocycles. The van der Waals surface area contributed by atoms with Crippen LogP contribution >= 0.6 is 0 Å². The highest BCUT2D eigenvalue weighted by molar-refractivity contribution is 6.48. The van der Waals surface area contributed by atoms with Gasteiger partial charge in [-0.3, -0.25) is 0 Å². The first-order chi connectivity index (χ1) is 11.2. The van der Waals surface area contributed by atoms with Gasteiger partial charge in [0.05, 0.1) is 0 Å². The Labute approximate surface area is 139 Å². The molecule has 0 unspecified atom stereocenters. The minimum absolute atomic E-state index is 0.357. The Morgan fingerprint density at radius 1 is 0.826 bits per heavy atom. The summed E-state index contributed by atoms with van der Waals surface area (Å²) < 4.78 is 0. The molecule has 0 aliphatic heterocycles. The van der Waals surface area contributed by atoms with Gasteiger partial charge in [0.1, 0.15) is 11.4 Å². The number of hydrogen-bond acceptors (Lipinski definition) is 4. The molecule has 0 saturated heterocycles. The van der Waals surface area contributed by atoms with E-state index in [0.717, 1.165) is 24.0 Å². The van der Waals surface area contributed by atoms with Crippen LogP contribution < -0.4 is 0 Å². The predicted octanol–water partition coefficient (Wildman–Crippen LogP) is 5.53. The second-order valence-corrected chi connectivity index (χ2v) is 6.09. The molecule has 4 nitrogen and oxygen atoms in total. The van der Waals surface area contributed by atoms with Crippen LogP contribution in [0.15, 0.2) is 34.6 Å². The third-order valence-electron chi connectivity index (χ3n) is 4.09. The molecular weight excluding hydrogens is 288 g/mol. The Balaban J connectivity index is 2.39. The Hall–Kier alpha value is -1.84. The van der Waals surface area contributed by atoms with Gasteiger partial charge in [0, 0.05) is 5.56 Å². The molecule has 0 atom stereocenters. The fraction of sp³-hybridized carbons (Fsp3) is 0.579. The highest BCUT2D eigenvalue weighted by Gasteiger charge is 2.13. The number of hydrogen-bond donors (Lipinski definition) is 2. The lowest BCUT2D eigenvalue weighted by Gasteiger charge is -2.08. The molecule has 0 radical (unpaired) electrons. The molecule has 0 bridgehead atoms. The van der Waals surface area contributed by atoms with Gasteiger partial charge in [-0.2, -0.15) is 0 Å². The van der Waals surface area contributed by atoms with Crippen molar-refractivity contribution in [2.45, 2.75) is 71.6 Å². The first kappa shape index (κ1) is 19.2. The number of aryl methyl sites for hydroxylation is 1. The van der Waals surface area contributed by atoms with E-state index in [1.807, 2.05) is 31.2 Å². The zero-order valence-electron chi connectivity index (χ0n) is 14.5. The molecule has 2 N–H and O–H groups in total. The van der Waals surface area contributed by atoms with Crippen molar-refractivity contribution in [3.63, 3.8) is 0 Å². The molecule has 23 heavy (non-hydrogen) atoms. The summed E-state index contributed by atoms with van der Waals surface area (Å²) in [7, 11) is 0. The van der Waals surface area contributed by atoms with Crippen LogP contribution in [-0.4, -0.2) is 21.8 Å². The molecule has 1 rings (SSSR count). The van der Waals surface area contributed by atoms with E-state index in [1.54, 1.807) is 0 Å². The standard InChI is InChI=1S/C19H30N2O2/c1-3-4-5-6-7-8-9-10-11-18(20-22)19(21-23)17-14-12-16(2)13-15-17/h12-15,22-23H,3-11H2,1-2H3. The van der Waals surface area contributed by atoms with E-state index < -0.39 is 0 Å². The maximum absolute atomic E-state index is 9.27. The quantitative estimate of drug-likeness (QED) is 0.244. The van der Waals surface area contributed by atoms with Crippen molar-refractivity contribution >= 4 is 11.4 Å². The van der Waals surface area contributed by atoms with Crippen molar-refractivity contribution in [1.29, 1.82) is 0 Å². The second-order valence-electron chi connectivity index (χ2n) is 6.09. The maximum Gasteiger partial charge on any atom is 0.134 e. The van der Waals surface area contributed by atoms with Gasteiger partial charge >= 0.3 is 0 Å². The molecule has 0 saturated carbocycles. The van der Waals surface area contributed by atoms with Gasteiger partial charge < -0.3 is 10.4 Å². The highest BCUT2D eigenvalue weighted by atomic mass is 16.4. The Bertz CT molecular complexity index is 493. The van der Waals surface area contributed by atoms with Crippen molar-refractivity contribution < 1.29 is 10.4 Å². The van der Waals surface area contributed by atoms with Crippen molar-refractivity contribution in [1.82, 2.24) is 0 Å². The molecule has 4 heteroatoms. The van der Waals surface area contributed by atoms with Crippen LogP contribution in [0.1, 0.15) is 75.8 Å². The van der Waals surface area contributed by atoms with Crippen molar-refractivity contribution in [2.24, 2.45) is 10.3 Å². The molecular formula is C19H30N2O2. The van der Waals surface area contributed by atoms with E-state index >= 15 is 0 Å². The largest absolute Gasteiger partial charge is 0.411 e. The molecule has 0 amide bonds. The molecule has 0 aliphatic rings. The summed E-state index contributed by atoms with van der Waals surface area (Å²) in [4.78, 5) is 0. The number of nitrogens with zero attached hydrogens (tertiary/aromatic N) is 2. The zero-order chi connectivity index (χ0) is 16.9. The first-order valence-electron chi connectivity index (χ1n) is 8.73. The van der Waals surface area contributed by atoms with E-state index in [-0.39, 0.29) is 0 Å². The average molecular weight is 318 g/mol. The van der Waals surface area contributed by atoms with Gasteiger partial charge in [-0.05, 0) is 19.8 Å². The minimum atomic E-state index is 0.357. The van der Waals surface area contributed by atoms with Crippen molar-refractivity contribution in [2.75, 3.05) is 0 Å². The summed E-state index contributed by atoms with van der Waals surface area (Å²) in [6, 6.07) is 7.66. The Morgan fingerprint density at radius 2 is 1.39 bits per heavy atom. The van der Waals surface area contributed by atoms with Gasteiger partial charge in [0.2, 0.25) is 0 Å². The summed E-state index contributed by atoms with van der Waals surface area (Å²) in [5.41, 5.74) is 2.71. The topological polar surface area (TPSA) is 65.2 Å². The van der Waals surface area contributed by atoms with Crippen molar-refractivity contribution in [3.8, 4) is 0 Å². The van der Waals surface area contributed by atoms with E-state index in [2.05, 4.69) is 17.2 Å². The van der Waals surface area contributed by atoms with Crippen LogP contribution in [0, 0.1) is 6.92 Å². The third-order valence-corrected chi connectivity index (χ3v) is 4.09. The van der Waals surface area contributed by atoms with Gasteiger partial charge in [-0.1, -0.05) is 92.0 Å². The van der Waals surface area contributed by atoms with Crippen LogP contribution in [-0.2, 0) is 0 Å². The maximum atomic E-state index is 9.27. The van der Waals surface area contributed by atoms with E-state index in [1.165, 1.54) is 38.5 Å². The molecule has 0 aliphatic carbocycles. The molecule has 0 fully saturated rings. The summed E-state index contributed by atoms with van der Waals surface area (Å²) >= 11 is 0. The number of unbranched alkanes of at least 4 members (excludes halogenated alkanes) is 7. The Kier molecular flexibility index (Phi) is 9.76. The fourth-order valence-corrected chi connectivity index (χ4v) is 2.64. The van der Waals surface area contributed by atoms with Crippen LogP contribution in [0.25, 0.3) is 0 Å². The van der Waals surface area contributed by atoms with E-state index in [4.69, 9.17) is 0 Å². The number of benzene rings is 1. The summed E-state index contributed by atoms with van der Waals surface area (Å²) in [6.07, 6.45) is 10.4. The zero-order valence-corrected chi connectivity index (χ0v) is 14.5. The first-order valence-corrected chi connectivity index (χ1v) is 8.73. The predicted molar refractivity (Wildman–Crippen MR) is 96.0 cm³/mol. The molecule has 1 aromatic rings. The molecule has 0 spiro atoms. The molecule has 1 aromatic carbocycles. The lowest BCUT2D eigenvalue weighted by molar-refractivity contribution is 0.313. The Morgan fingerprint density at radius 3 is 1.91 bits per heavy atom. The number of rotatable bonds is 11. The lowest BCUT2D eigenvalue weighted by Crippen LogP contribution is -2.16. The van der Waals surface area contributed by atoms with E-state index in [0.29, 0.717) is 17.8 Å². The lowest BCUT2D eigenvalue weighted by atomic mass is 9.99. The summed E-state index contributed by atoms with van der Waals surface area (Å²) in [6.45, 7) is 4.23. The van der Waals surface area contributed by atoms with Crippen LogP contribution in [0.4, 0.5) is 0 Å². The smallest absolute Gasteiger partial charge is 0.134 e. The van der Waals surface area contributed by atoms with Crippen molar-refractivity contribution in [3.05, 3.63) is 35.4 Å². The van der Waals surface area contributed by atoms with Gasteiger partial charge in [-0.15, -0.1) is 0 Å². The van der Waals surface area contributed by atoms with Gasteiger partial charge in [0.25, 0.3) is 0 Å². The SMILES string of the molecule is CCCCCCCCCCC(=NO)C(=NO)c1ccc(C)cc1. The average Bonchev–Trinajstić information content (AvgIpc) is 2.57. The summed E-state index contributed by atoms with van der Waals surface area (Å²) in [5, 5.41) is 25.2. The van der Waals surface area contributed by atoms with Crippen LogP contribution in [0.3, 0.4) is 0 Å². The highest BCUT2D eigenvalue weighted by Crippen LogP contribution is 2.13. The van der Waals surface area contributed by atoms with Crippen LogP contribution in [0.5, 0.6) is 0 Å². The van der Waals surface area contributed by atoms with E-state index in [9.17, 15) is 10.4 Å². The van der Waals surface area contributed by atoms with Crippen LogP contribution in [0.2, 0.25) is 0 Å². The van der Waals surface area contributed by atoms with Gasteiger partial charge in [0.15, 0.2) is 0 Å². The fourth-order valence-electron chi connectivity index (χ4n) is 2.64. The molecule has 0 heterocycles. The normalized spacial score (nSPS) is 12.6. The molecule has 128 valence electrons.